The predicted octanol–water partition coefficient (Wildman–Crippen LogP) is 0.725. The topological polar surface area (TPSA) is 87.2 Å². The molecule has 1 fully saturated rings. The Balaban J connectivity index is 2.00. The molecule has 1 aliphatic rings. The number of hydrogen-bond acceptors (Lipinski definition) is 5. The number of nitrogens with zero attached hydrogens (tertiary/aromatic N) is 2. The predicted molar refractivity (Wildman–Crippen MR) is 68.8 cm³/mol. The Bertz CT molecular complexity index is 515. The monoisotopic (exact) mass is 263 g/mol. The van der Waals surface area contributed by atoms with Crippen LogP contribution in [-0.4, -0.2) is 28.1 Å². The molecule has 0 saturated heterocycles. The molecule has 1 aromatic heterocycles. The van der Waals surface area contributed by atoms with Crippen LogP contribution in [0, 0.1) is 5.92 Å². The van der Waals surface area contributed by atoms with E-state index < -0.39 is 11.8 Å². The molecule has 6 nitrogen and oxygen atoms in total. The van der Waals surface area contributed by atoms with E-state index in [1.54, 1.807) is 19.3 Å². The van der Waals surface area contributed by atoms with E-state index in [9.17, 15) is 9.59 Å². The van der Waals surface area contributed by atoms with E-state index in [0.717, 1.165) is 12.6 Å². The van der Waals surface area contributed by atoms with Crippen LogP contribution >= 0.6 is 0 Å². The van der Waals surface area contributed by atoms with E-state index >= 15 is 0 Å². The number of esters is 1. The van der Waals surface area contributed by atoms with Gasteiger partial charge in [-0.2, -0.15) is 5.10 Å². The molecule has 6 heteroatoms. The molecule has 0 bridgehead atoms. The van der Waals surface area contributed by atoms with Crippen LogP contribution in [0.1, 0.15) is 25.3 Å². The van der Waals surface area contributed by atoms with Gasteiger partial charge in [-0.25, -0.2) is 4.79 Å². The second-order valence-electron chi connectivity index (χ2n) is 4.58. The van der Waals surface area contributed by atoms with Gasteiger partial charge in [0.2, 0.25) is 0 Å². The zero-order valence-electron chi connectivity index (χ0n) is 10.8. The minimum absolute atomic E-state index is 0.164. The van der Waals surface area contributed by atoms with Crippen LogP contribution in [0.3, 0.4) is 0 Å². The van der Waals surface area contributed by atoms with Crippen molar-refractivity contribution in [1.82, 2.24) is 9.78 Å². The molecule has 1 aromatic rings. The molecule has 0 radical (unpaired) electrons. The van der Waals surface area contributed by atoms with Crippen molar-refractivity contribution >= 4 is 17.4 Å². The van der Waals surface area contributed by atoms with Crippen molar-refractivity contribution in [2.45, 2.75) is 26.3 Å². The van der Waals surface area contributed by atoms with Crippen molar-refractivity contribution in [3.8, 4) is 0 Å². The summed E-state index contributed by atoms with van der Waals surface area (Å²) in [6, 6.07) is 0. The smallest absolute Gasteiger partial charge is 0.379 e. The van der Waals surface area contributed by atoms with E-state index in [2.05, 4.69) is 9.84 Å². The summed E-state index contributed by atoms with van der Waals surface area (Å²) in [6.07, 6.45) is 6.93. The maximum Gasteiger partial charge on any atom is 0.379 e. The van der Waals surface area contributed by atoms with Crippen LogP contribution in [0.5, 0.6) is 0 Å². The van der Waals surface area contributed by atoms with Crippen molar-refractivity contribution in [2.24, 2.45) is 11.7 Å². The fourth-order valence-corrected chi connectivity index (χ4v) is 1.66. The average Bonchev–Trinajstić information content (AvgIpc) is 3.05. The zero-order chi connectivity index (χ0) is 13.8. The van der Waals surface area contributed by atoms with Gasteiger partial charge in [-0.3, -0.25) is 9.48 Å². The summed E-state index contributed by atoms with van der Waals surface area (Å²) in [6.45, 7) is 2.68. The van der Waals surface area contributed by atoms with Crippen molar-refractivity contribution in [3.05, 3.63) is 24.0 Å². The first-order chi connectivity index (χ1) is 9.10. The number of carbonyl (C=O) groups excluding carboxylic acids is 2. The summed E-state index contributed by atoms with van der Waals surface area (Å²) in [5.41, 5.74) is 6.63. The fourth-order valence-electron chi connectivity index (χ4n) is 1.66. The van der Waals surface area contributed by atoms with Crippen LogP contribution in [0.4, 0.5) is 0 Å². The standard InChI is InChI=1S/C13H17N3O3/c1-2-19-13(18)12(17)5-11(14)10-6-15-16(8-10)7-9-3-4-9/h5-6,8-9H,2-4,7,14H2,1H3. The van der Waals surface area contributed by atoms with Crippen molar-refractivity contribution in [1.29, 1.82) is 0 Å². The molecule has 19 heavy (non-hydrogen) atoms. The van der Waals surface area contributed by atoms with Gasteiger partial charge in [0.05, 0.1) is 12.8 Å². The molecule has 2 N–H and O–H groups in total. The van der Waals surface area contributed by atoms with Crippen LogP contribution in [-0.2, 0) is 20.9 Å². The molecule has 1 heterocycles. The minimum atomic E-state index is -0.893. The van der Waals surface area contributed by atoms with E-state index in [1.807, 2.05) is 4.68 Å². The van der Waals surface area contributed by atoms with Crippen molar-refractivity contribution < 1.29 is 14.3 Å². The Hall–Kier alpha value is -2.11. The highest BCUT2D eigenvalue weighted by molar-refractivity contribution is 6.39. The number of carbonyl (C=O) groups is 2. The Labute approximate surface area is 111 Å². The number of nitrogens with two attached hydrogens (primary N) is 1. The number of rotatable bonds is 6. The van der Waals surface area contributed by atoms with Crippen molar-refractivity contribution in [3.63, 3.8) is 0 Å². The zero-order valence-corrected chi connectivity index (χ0v) is 10.8. The first-order valence-corrected chi connectivity index (χ1v) is 6.31. The van der Waals surface area contributed by atoms with Crippen LogP contribution in [0.2, 0.25) is 0 Å². The molecule has 0 amide bonds. The minimum Gasteiger partial charge on any atom is -0.460 e. The molecular weight excluding hydrogens is 246 g/mol. The summed E-state index contributed by atoms with van der Waals surface area (Å²) < 4.78 is 6.41. The lowest BCUT2D eigenvalue weighted by atomic mass is 10.2. The first-order valence-electron chi connectivity index (χ1n) is 6.31. The van der Waals surface area contributed by atoms with Gasteiger partial charge in [0.25, 0.3) is 5.78 Å². The second-order valence-corrected chi connectivity index (χ2v) is 4.58. The SMILES string of the molecule is CCOC(=O)C(=O)C=C(N)c1cnn(CC2CC2)c1. The summed E-state index contributed by atoms with van der Waals surface area (Å²) in [4.78, 5) is 22.6. The van der Waals surface area contributed by atoms with E-state index in [-0.39, 0.29) is 12.3 Å². The highest BCUT2D eigenvalue weighted by atomic mass is 16.5. The highest BCUT2D eigenvalue weighted by Crippen LogP contribution is 2.30. The number of ketones is 1. The molecule has 0 unspecified atom stereocenters. The van der Waals surface area contributed by atoms with Crippen LogP contribution in [0.15, 0.2) is 18.5 Å². The molecule has 0 spiro atoms. The molecule has 102 valence electrons. The molecular formula is C13H17N3O3. The molecule has 1 saturated carbocycles. The van der Waals surface area contributed by atoms with Gasteiger partial charge < -0.3 is 10.5 Å². The van der Waals surface area contributed by atoms with Gasteiger partial charge in [0, 0.05) is 30.1 Å². The molecule has 0 aromatic carbocycles. The van der Waals surface area contributed by atoms with E-state index in [1.165, 1.54) is 12.8 Å². The normalized spacial score (nSPS) is 15.3. The highest BCUT2D eigenvalue weighted by Gasteiger charge is 2.22. The fraction of sp³-hybridized carbons (Fsp3) is 0.462. The van der Waals surface area contributed by atoms with Gasteiger partial charge in [-0.1, -0.05) is 0 Å². The average molecular weight is 263 g/mol. The third kappa shape index (κ3) is 3.67. The summed E-state index contributed by atoms with van der Waals surface area (Å²) in [5.74, 6) is -0.941. The Morgan fingerprint density at radius 2 is 2.32 bits per heavy atom. The maximum atomic E-state index is 11.5. The first kappa shape index (κ1) is 13.3. The second kappa shape index (κ2) is 5.69. The maximum absolute atomic E-state index is 11.5. The lowest BCUT2D eigenvalue weighted by molar-refractivity contribution is -0.151. The number of aromatic nitrogens is 2. The van der Waals surface area contributed by atoms with Gasteiger partial charge >= 0.3 is 5.97 Å². The molecule has 0 aliphatic heterocycles. The van der Waals surface area contributed by atoms with Gasteiger partial charge in [0.15, 0.2) is 0 Å². The Morgan fingerprint density at radius 1 is 1.58 bits per heavy atom. The van der Waals surface area contributed by atoms with Gasteiger partial charge in [0.1, 0.15) is 0 Å². The lowest BCUT2D eigenvalue weighted by Gasteiger charge is -1.99. The van der Waals surface area contributed by atoms with Crippen LogP contribution < -0.4 is 5.73 Å². The lowest BCUT2D eigenvalue weighted by Crippen LogP contribution is -2.16. The number of hydrogen-bond donors (Lipinski definition) is 1. The van der Waals surface area contributed by atoms with Gasteiger partial charge in [-0.15, -0.1) is 0 Å². The summed E-state index contributed by atoms with van der Waals surface area (Å²) in [5, 5.41) is 4.17. The van der Waals surface area contributed by atoms with E-state index in [0.29, 0.717) is 11.5 Å². The Morgan fingerprint density at radius 3 is 2.95 bits per heavy atom. The summed E-state index contributed by atoms with van der Waals surface area (Å²) in [7, 11) is 0. The largest absolute Gasteiger partial charge is 0.460 e. The molecule has 1 aliphatic carbocycles. The van der Waals surface area contributed by atoms with E-state index in [4.69, 9.17) is 5.73 Å². The van der Waals surface area contributed by atoms with Crippen molar-refractivity contribution in [2.75, 3.05) is 6.61 Å². The third-order valence-corrected chi connectivity index (χ3v) is 2.87. The Kier molecular flexibility index (Phi) is 3.99. The summed E-state index contributed by atoms with van der Waals surface area (Å²) >= 11 is 0. The third-order valence-electron chi connectivity index (χ3n) is 2.87. The number of ether oxygens (including phenoxy) is 1. The molecule has 2 rings (SSSR count). The van der Waals surface area contributed by atoms with Crippen LogP contribution in [0.25, 0.3) is 5.70 Å². The van der Waals surface area contributed by atoms with Gasteiger partial charge in [-0.05, 0) is 25.7 Å². The molecule has 0 atom stereocenters. The quantitative estimate of drug-likeness (QED) is 0.464.